The third-order valence-corrected chi connectivity index (χ3v) is 3.05. The van der Waals surface area contributed by atoms with Gasteiger partial charge in [-0.3, -0.25) is 4.79 Å². The van der Waals surface area contributed by atoms with Gasteiger partial charge in [-0.15, -0.1) is 0 Å². The minimum atomic E-state index is -0.0514. The Morgan fingerprint density at radius 2 is 2.00 bits per heavy atom. The molecule has 88 valence electrons. The molecule has 0 fully saturated rings. The molecule has 3 nitrogen and oxygen atoms in total. The van der Waals surface area contributed by atoms with Gasteiger partial charge in [0.1, 0.15) is 5.76 Å². The normalized spacial score (nSPS) is 10.2. The van der Waals surface area contributed by atoms with E-state index >= 15 is 0 Å². The van der Waals surface area contributed by atoms with Crippen LogP contribution >= 0.6 is 15.9 Å². The zero-order valence-corrected chi connectivity index (χ0v) is 10.7. The average molecular weight is 294 g/mol. The molecule has 0 aliphatic carbocycles. The molecule has 0 atom stereocenters. The van der Waals surface area contributed by atoms with Crippen LogP contribution in [0.2, 0.25) is 0 Å². The third-order valence-electron chi connectivity index (χ3n) is 2.34. The Bertz CT molecular complexity index is 493. The van der Waals surface area contributed by atoms with E-state index in [4.69, 9.17) is 4.42 Å². The van der Waals surface area contributed by atoms with Gasteiger partial charge >= 0.3 is 0 Å². The highest BCUT2D eigenvalue weighted by Crippen LogP contribution is 2.17. The van der Waals surface area contributed by atoms with Crippen LogP contribution in [-0.4, -0.2) is 5.91 Å². The molecule has 0 aliphatic heterocycles. The Labute approximate surface area is 108 Å². The molecule has 1 heterocycles. The lowest BCUT2D eigenvalue weighted by molar-refractivity contribution is -0.120. The smallest absolute Gasteiger partial charge is 0.227 e. The second-order valence-electron chi connectivity index (χ2n) is 3.63. The number of carbonyl (C=O) groups excluding carboxylic acids is 1. The van der Waals surface area contributed by atoms with Crippen LogP contribution in [0.25, 0.3) is 0 Å². The van der Waals surface area contributed by atoms with E-state index in [1.165, 1.54) is 0 Å². The second-order valence-corrected chi connectivity index (χ2v) is 4.49. The van der Waals surface area contributed by atoms with Crippen molar-refractivity contribution in [3.8, 4) is 0 Å². The van der Waals surface area contributed by atoms with Crippen molar-refractivity contribution >= 4 is 21.8 Å². The monoisotopic (exact) mass is 293 g/mol. The number of furan rings is 1. The lowest BCUT2D eigenvalue weighted by Gasteiger charge is -2.04. The molecule has 0 bridgehead atoms. The number of nitrogens with one attached hydrogen (secondary N) is 1. The van der Waals surface area contributed by atoms with Gasteiger partial charge in [0, 0.05) is 6.54 Å². The van der Waals surface area contributed by atoms with Crippen LogP contribution in [0.3, 0.4) is 0 Å². The number of rotatable bonds is 4. The van der Waals surface area contributed by atoms with Crippen molar-refractivity contribution in [1.29, 1.82) is 0 Å². The van der Waals surface area contributed by atoms with Gasteiger partial charge in [-0.05, 0) is 27.6 Å². The summed E-state index contributed by atoms with van der Waals surface area (Å²) in [6, 6.07) is 11.6. The van der Waals surface area contributed by atoms with Gasteiger partial charge in [0.05, 0.1) is 17.2 Å². The van der Waals surface area contributed by atoms with Crippen LogP contribution in [0.4, 0.5) is 0 Å². The predicted octanol–water partition coefficient (Wildman–Crippen LogP) is 2.90. The average Bonchev–Trinajstić information content (AvgIpc) is 2.74. The van der Waals surface area contributed by atoms with Crippen molar-refractivity contribution in [2.24, 2.45) is 0 Å². The first kappa shape index (κ1) is 11.9. The molecule has 1 aromatic carbocycles. The van der Waals surface area contributed by atoms with Gasteiger partial charge in [-0.2, -0.15) is 0 Å². The molecule has 0 saturated carbocycles. The fraction of sp³-hybridized carbons (Fsp3) is 0.154. The third kappa shape index (κ3) is 3.46. The molecule has 17 heavy (non-hydrogen) atoms. The van der Waals surface area contributed by atoms with E-state index in [9.17, 15) is 4.79 Å². The fourth-order valence-corrected chi connectivity index (χ4v) is 1.80. The minimum absolute atomic E-state index is 0.0514. The summed E-state index contributed by atoms with van der Waals surface area (Å²) < 4.78 is 6.01. The molecule has 1 aromatic heterocycles. The summed E-state index contributed by atoms with van der Waals surface area (Å²) in [6.45, 7) is 0.540. The lowest BCUT2D eigenvalue weighted by Crippen LogP contribution is -2.24. The first-order valence-electron chi connectivity index (χ1n) is 5.28. The maximum absolute atomic E-state index is 11.6. The Hall–Kier alpha value is -1.55. The van der Waals surface area contributed by atoms with E-state index in [1.54, 1.807) is 12.3 Å². The summed E-state index contributed by atoms with van der Waals surface area (Å²) in [5.41, 5.74) is 1.08. The number of hydrogen-bond donors (Lipinski definition) is 1. The second kappa shape index (κ2) is 5.68. The van der Waals surface area contributed by atoms with Crippen molar-refractivity contribution < 1.29 is 9.21 Å². The summed E-state index contributed by atoms with van der Waals surface area (Å²) in [7, 11) is 0. The van der Waals surface area contributed by atoms with Gasteiger partial charge in [-0.25, -0.2) is 0 Å². The van der Waals surface area contributed by atoms with Gasteiger partial charge in [0.15, 0.2) is 0 Å². The molecule has 2 rings (SSSR count). The van der Waals surface area contributed by atoms with Crippen LogP contribution in [-0.2, 0) is 17.8 Å². The summed E-state index contributed by atoms with van der Waals surface area (Å²) in [4.78, 5) is 11.6. The number of carbonyl (C=O) groups is 1. The molecule has 1 amide bonds. The maximum atomic E-state index is 11.6. The van der Waals surface area contributed by atoms with Crippen LogP contribution in [0.5, 0.6) is 0 Å². The summed E-state index contributed by atoms with van der Waals surface area (Å²) in [5, 5.41) is 2.84. The molecule has 4 heteroatoms. The molecule has 0 saturated heterocycles. The van der Waals surface area contributed by atoms with Crippen molar-refractivity contribution in [2.45, 2.75) is 13.0 Å². The van der Waals surface area contributed by atoms with Crippen molar-refractivity contribution in [3.05, 3.63) is 58.5 Å². The Morgan fingerprint density at radius 3 is 2.65 bits per heavy atom. The van der Waals surface area contributed by atoms with Crippen LogP contribution in [0.1, 0.15) is 11.3 Å². The summed E-state index contributed by atoms with van der Waals surface area (Å²) in [6.07, 6.45) is 1.81. The SMILES string of the molecule is O=C(Cc1occc1Br)NCc1ccccc1. The van der Waals surface area contributed by atoms with E-state index in [0.29, 0.717) is 12.3 Å². The molecule has 0 unspecified atom stereocenters. The van der Waals surface area contributed by atoms with E-state index in [2.05, 4.69) is 21.2 Å². The van der Waals surface area contributed by atoms with Gasteiger partial charge in [0.25, 0.3) is 0 Å². The maximum Gasteiger partial charge on any atom is 0.227 e. The predicted molar refractivity (Wildman–Crippen MR) is 68.4 cm³/mol. The van der Waals surface area contributed by atoms with Gasteiger partial charge in [-0.1, -0.05) is 30.3 Å². The van der Waals surface area contributed by atoms with E-state index < -0.39 is 0 Å². The van der Waals surface area contributed by atoms with Crippen LogP contribution < -0.4 is 5.32 Å². The van der Waals surface area contributed by atoms with Crippen molar-refractivity contribution in [1.82, 2.24) is 5.32 Å². The molecule has 0 aliphatic rings. The highest BCUT2D eigenvalue weighted by molar-refractivity contribution is 9.10. The zero-order chi connectivity index (χ0) is 12.1. The lowest BCUT2D eigenvalue weighted by atomic mass is 10.2. The molecular weight excluding hydrogens is 282 g/mol. The molecular formula is C13H12BrNO2. The number of hydrogen-bond acceptors (Lipinski definition) is 2. The van der Waals surface area contributed by atoms with E-state index in [0.717, 1.165) is 10.0 Å². The highest BCUT2D eigenvalue weighted by atomic mass is 79.9. The van der Waals surface area contributed by atoms with Gasteiger partial charge < -0.3 is 9.73 Å². The first-order valence-corrected chi connectivity index (χ1v) is 6.07. The largest absolute Gasteiger partial charge is 0.468 e. The van der Waals surface area contributed by atoms with Gasteiger partial charge in [0.2, 0.25) is 5.91 Å². The standard InChI is InChI=1S/C13H12BrNO2/c14-11-6-7-17-12(11)8-13(16)15-9-10-4-2-1-3-5-10/h1-7H,8-9H2,(H,15,16). The number of amides is 1. The van der Waals surface area contributed by atoms with Crippen molar-refractivity contribution in [3.63, 3.8) is 0 Å². The van der Waals surface area contributed by atoms with Crippen LogP contribution in [0.15, 0.2) is 51.6 Å². The zero-order valence-electron chi connectivity index (χ0n) is 9.15. The molecule has 0 radical (unpaired) electrons. The van der Waals surface area contributed by atoms with E-state index in [1.807, 2.05) is 30.3 Å². The Kier molecular flexibility index (Phi) is 3.98. The number of benzene rings is 1. The van der Waals surface area contributed by atoms with E-state index in [-0.39, 0.29) is 12.3 Å². The Balaban J connectivity index is 1.85. The van der Waals surface area contributed by atoms with Crippen LogP contribution in [0, 0.1) is 0 Å². The molecule has 1 N–H and O–H groups in total. The minimum Gasteiger partial charge on any atom is -0.468 e. The molecule has 0 spiro atoms. The Morgan fingerprint density at radius 1 is 1.24 bits per heavy atom. The van der Waals surface area contributed by atoms with Crippen molar-refractivity contribution in [2.75, 3.05) is 0 Å². The highest BCUT2D eigenvalue weighted by Gasteiger charge is 2.09. The number of halogens is 1. The summed E-state index contributed by atoms with van der Waals surface area (Å²) >= 11 is 3.32. The quantitative estimate of drug-likeness (QED) is 0.942. The summed E-state index contributed by atoms with van der Waals surface area (Å²) in [5.74, 6) is 0.597. The first-order chi connectivity index (χ1) is 8.25. The topological polar surface area (TPSA) is 42.2 Å². The fourth-order valence-electron chi connectivity index (χ4n) is 1.46. The molecule has 2 aromatic rings.